The quantitative estimate of drug-likeness (QED) is 0.750. The molecule has 0 atom stereocenters. The van der Waals surface area contributed by atoms with E-state index in [0.717, 1.165) is 0 Å². The van der Waals surface area contributed by atoms with Gasteiger partial charge in [0.05, 0.1) is 6.10 Å². The Labute approximate surface area is 86.5 Å². The number of hydrogen-bond donors (Lipinski definition) is 2. The first-order chi connectivity index (χ1) is 6.49. The van der Waals surface area contributed by atoms with E-state index in [2.05, 4.69) is 0 Å². The maximum absolute atomic E-state index is 13.0. The number of hydrogen-bond acceptors (Lipinski definition) is 2. The molecule has 76 valence electrons. The second kappa shape index (κ2) is 3.19. The third-order valence-corrected chi connectivity index (χ3v) is 2.86. The highest BCUT2D eigenvalue weighted by atomic mass is 35.5. The van der Waals surface area contributed by atoms with Crippen molar-refractivity contribution in [3.8, 4) is 0 Å². The van der Waals surface area contributed by atoms with Gasteiger partial charge in [-0.25, -0.2) is 4.39 Å². The molecule has 0 aromatic heterocycles. The molecule has 2 rings (SSSR count). The molecule has 0 heterocycles. The Morgan fingerprint density at radius 1 is 1.43 bits per heavy atom. The summed E-state index contributed by atoms with van der Waals surface area (Å²) in [5, 5.41) is 9.52. The summed E-state index contributed by atoms with van der Waals surface area (Å²) >= 11 is 5.72. The maximum Gasteiger partial charge on any atom is 0.125 e. The van der Waals surface area contributed by atoms with Crippen molar-refractivity contribution in [2.45, 2.75) is 24.5 Å². The Morgan fingerprint density at radius 2 is 2.07 bits per heavy atom. The molecule has 3 N–H and O–H groups in total. The van der Waals surface area contributed by atoms with Crippen LogP contribution in [-0.2, 0) is 5.54 Å². The summed E-state index contributed by atoms with van der Waals surface area (Å²) in [6, 6.07) is 4.26. The molecule has 1 fully saturated rings. The van der Waals surface area contributed by atoms with E-state index < -0.39 is 11.4 Å². The van der Waals surface area contributed by atoms with E-state index in [1.807, 2.05) is 0 Å². The van der Waals surface area contributed by atoms with Crippen LogP contribution in [0.15, 0.2) is 18.2 Å². The summed E-state index contributed by atoms with van der Waals surface area (Å²) in [6.45, 7) is 0. The zero-order valence-corrected chi connectivity index (χ0v) is 8.26. The number of aliphatic hydroxyl groups is 1. The lowest BCUT2D eigenvalue weighted by Crippen LogP contribution is -2.51. The minimum atomic E-state index is -0.606. The van der Waals surface area contributed by atoms with Crippen LogP contribution in [0, 0.1) is 5.82 Å². The van der Waals surface area contributed by atoms with Gasteiger partial charge in [0.15, 0.2) is 0 Å². The molecule has 0 spiro atoms. The summed E-state index contributed by atoms with van der Waals surface area (Å²) < 4.78 is 13.0. The maximum atomic E-state index is 13.0. The first-order valence-corrected chi connectivity index (χ1v) is 4.81. The average Bonchev–Trinajstić information content (AvgIpc) is 1.99. The lowest BCUT2D eigenvalue weighted by molar-refractivity contribution is 0.0208. The van der Waals surface area contributed by atoms with E-state index in [0.29, 0.717) is 23.4 Å². The van der Waals surface area contributed by atoms with E-state index in [9.17, 15) is 9.50 Å². The number of halogens is 2. The van der Waals surface area contributed by atoms with Crippen LogP contribution in [0.3, 0.4) is 0 Å². The van der Waals surface area contributed by atoms with Crippen molar-refractivity contribution >= 4 is 11.6 Å². The summed E-state index contributed by atoms with van der Waals surface area (Å²) in [6.07, 6.45) is 0.557. The van der Waals surface area contributed by atoms with Gasteiger partial charge in [-0.3, -0.25) is 0 Å². The normalized spacial score (nSPS) is 31.3. The van der Waals surface area contributed by atoms with Gasteiger partial charge in [0, 0.05) is 10.6 Å². The van der Waals surface area contributed by atoms with E-state index in [-0.39, 0.29) is 6.10 Å². The van der Waals surface area contributed by atoms with Crippen molar-refractivity contribution in [2.75, 3.05) is 0 Å². The predicted octanol–water partition coefficient (Wildman–Crippen LogP) is 1.79. The highest BCUT2D eigenvalue weighted by Gasteiger charge is 2.41. The molecule has 0 aliphatic heterocycles. The number of benzene rings is 1. The standard InChI is InChI=1S/C10H11ClFNO/c11-7-1-6(2-8(12)3-7)10(13)4-9(14)5-10/h1-3,9,14H,4-5,13H2. The monoisotopic (exact) mass is 215 g/mol. The Morgan fingerprint density at radius 3 is 2.57 bits per heavy atom. The third kappa shape index (κ3) is 1.63. The van der Waals surface area contributed by atoms with Gasteiger partial charge in [-0.2, -0.15) is 0 Å². The SMILES string of the molecule is NC1(c2cc(F)cc(Cl)c2)CC(O)C1. The van der Waals surface area contributed by atoms with Crippen LogP contribution in [0.4, 0.5) is 4.39 Å². The van der Waals surface area contributed by atoms with E-state index in [4.69, 9.17) is 17.3 Å². The van der Waals surface area contributed by atoms with Gasteiger partial charge in [0.2, 0.25) is 0 Å². The highest BCUT2D eigenvalue weighted by molar-refractivity contribution is 6.30. The van der Waals surface area contributed by atoms with Gasteiger partial charge in [-0.1, -0.05) is 11.6 Å². The topological polar surface area (TPSA) is 46.2 Å². The van der Waals surface area contributed by atoms with E-state index in [1.165, 1.54) is 12.1 Å². The van der Waals surface area contributed by atoms with Gasteiger partial charge < -0.3 is 10.8 Å². The van der Waals surface area contributed by atoms with Crippen molar-refractivity contribution in [1.82, 2.24) is 0 Å². The molecule has 1 aromatic rings. The van der Waals surface area contributed by atoms with Crippen molar-refractivity contribution in [1.29, 1.82) is 0 Å². The Hall–Kier alpha value is -0.640. The van der Waals surface area contributed by atoms with Crippen LogP contribution < -0.4 is 5.73 Å². The third-order valence-electron chi connectivity index (χ3n) is 2.64. The fraction of sp³-hybridized carbons (Fsp3) is 0.400. The zero-order chi connectivity index (χ0) is 10.3. The number of nitrogens with two attached hydrogens (primary N) is 1. The molecule has 0 amide bonds. The molecule has 4 heteroatoms. The van der Waals surface area contributed by atoms with Crippen molar-refractivity contribution < 1.29 is 9.50 Å². The van der Waals surface area contributed by atoms with Gasteiger partial charge in [-0.05, 0) is 36.6 Å². The average molecular weight is 216 g/mol. The van der Waals surface area contributed by atoms with Crippen LogP contribution in [-0.4, -0.2) is 11.2 Å². The molecule has 1 aliphatic carbocycles. The molecule has 0 unspecified atom stereocenters. The minimum Gasteiger partial charge on any atom is -0.393 e. The van der Waals surface area contributed by atoms with Crippen molar-refractivity contribution in [3.05, 3.63) is 34.6 Å². The van der Waals surface area contributed by atoms with E-state index >= 15 is 0 Å². The lowest BCUT2D eigenvalue weighted by atomic mass is 9.71. The van der Waals surface area contributed by atoms with Crippen molar-refractivity contribution in [2.24, 2.45) is 5.73 Å². The molecule has 2 nitrogen and oxygen atoms in total. The second-order valence-corrected chi connectivity index (χ2v) is 4.31. The fourth-order valence-corrected chi connectivity index (χ4v) is 2.08. The summed E-state index contributed by atoms with van der Waals surface area (Å²) in [7, 11) is 0. The molecular weight excluding hydrogens is 205 g/mol. The van der Waals surface area contributed by atoms with Crippen LogP contribution >= 0.6 is 11.6 Å². The molecule has 0 radical (unpaired) electrons. The van der Waals surface area contributed by atoms with Crippen molar-refractivity contribution in [3.63, 3.8) is 0 Å². The molecule has 14 heavy (non-hydrogen) atoms. The minimum absolute atomic E-state index is 0.339. The van der Waals surface area contributed by atoms with Crippen LogP contribution in [0.1, 0.15) is 18.4 Å². The first kappa shape index (κ1) is 9.90. The lowest BCUT2D eigenvalue weighted by Gasteiger charge is -2.42. The van der Waals surface area contributed by atoms with Gasteiger partial charge >= 0.3 is 0 Å². The van der Waals surface area contributed by atoms with Gasteiger partial charge in [0.1, 0.15) is 5.82 Å². The first-order valence-electron chi connectivity index (χ1n) is 4.43. The smallest absolute Gasteiger partial charge is 0.125 e. The number of aliphatic hydroxyl groups excluding tert-OH is 1. The largest absolute Gasteiger partial charge is 0.393 e. The Kier molecular flexibility index (Phi) is 2.26. The molecule has 1 aromatic carbocycles. The molecule has 1 aliphatic rings. The molecular formula is C10H11ClFNO. The summed E-state index contributed by atoms with van der Waals surface area (Å²) in [5.41, 5.74) is 6.02. The summed E-state index contributed by atoms with van der Waals surface area (Å²) in [4.78, 5) is 0. The molecule has 0 bridgehead atoms. The second-order valence-electron chi connectivity index (χ2n) is 3.88. The number of rotatable bonds is 1. The van der Waals surface area contributed by atoms with E-state index in [1.54, 1.807) is 6.07 Å². The predicted molar refractivity (Wildman–Crippen MR) is 52.5 cm³/mol. The highest BCUT2D eigenvalue weighted by Crippen LogP contribution is 2.39. The molecule has 0 saturated heterocycles. The Bertz CT molecular complexity index is 343. The summed E-state index contributed by atoms with van der Waals surface area (Å²) in [5.74, 6) is -0.390. The Balaban J connectivity index is 2.32. The fourth-order valence-electron chi connectivity index (χ4n) is 1.86. The van der Waals surface area contributed by atoms with Crippen LogP contribution in [0.25, 0.3) is 0 Å². The van der Waals surface area contributed by atoms with Gasteiger partial charge in [-0.15, -0.1) is 0 Å². The molecule has 1 saturated carbocycles. The zero-order valence-electron chi connectivity index (χ0n) is 7.50. The van der Waals surface area contributed by atoms with Crippen LogP contribution in [0.2, 0.25) is 5.02 Å². The van der Waals surface area contributed by atoms with Gasteiger partial charge in [0.25, 0.3) is 0 Å². The van der Waals surface area contributed by atoms with Crippen LogP contribution in [0.5, 0.6) is 0 Å².